The van der Waals surface area contributed by atoms with Gasteiger partial charge in [0.05, 0.1) is 11.0 Å². The van der Waals surface area contributed by atoms with Crippen LogP contribution in [0.2, 0.25) is 0 Å². The Morgan fingerprint density at radius 2 is 1.73 bits per heavy atom. The largest absolute Gasteiger partial charge is 0.480 e. The topological polar surface area (TPSA) is 75.4 Å². The fourth-order valence-electron chi connectivity index (χ4n) is 3.92. The Kier molecular flexibility index (Phi) is 8.19. The third kappa shape index (κ3) is 6.38. The molecule has 0 aliphatic heterocycles. The minimum atomic E-state index is -0.862. The number of rotatable bonds is 10. The Hall–Kier alpha value is -2.80. The maximum Gasteiger partial charge on any atom is 0.327 e. The molecule has 1 unspecified atom stereocenters. The standard InChI is InChI=1S/C26H33N3O3S/c1-26(2,3)23(24(31)32)29-21-15-9-8-14-20(21)27-25(29)33-17-11-10-16-22(30)28(4)18-19-12-6-5-7-13-19/h5-9,12-15,23H,10-11,16-18H2,1-4H3,(H,31,32). The van der Waals surface area contributed by atoms with Crippen molar-refractivity contribution in [2.24, 2.45) is 5.41 Å². The van der Waals surface area contributed by atoms with Gasteiger partial charge in [-0.1, -0.05) is 75.0 Å². The van der Waals surface area contributed by atoms with Crippen molar-refractivity contribution in [3.8, 4) is 0 Å². The smallest absolute Gasteiger partial charge is 0.327 e. The van der Waals surface area contributed by atoms with Gasteiger partial charge in [-0.15, -0.1) is 0 Å². The molecule has 1 heterocycles. The number of hydrogen-bond acceptors (Lipinski definition) is 4. The number of fused-ring (bicyclic) bond motifs is 1. The highest BCUT2D eigenvalue weighted by Gasteiger charge is 2.35. The van der Waals surface area contributed by atoms with Gasteiger partial charge >= 0.3 is 5.97 Å². The number of para-hydroxylation sites is 2. The molecule has 1 amide bonds. The molecule has 0 bridgehead atoms. The van der Waals surface area contributed by atoms with Crippen molar-refractivity contribution in [1.82, 2.24) is 14.5 Å². The lowest BCUT2D eigenvalue weighted by atomic mass is 9.86. The van der Waals surface area contributed by atoms with Crippen LogP contribution < -0.4 is 0 Å². The number of thioether (sulfide) groups is 1. The van der Waals surface area contributed by atoms with Crippen LogP contribution in [0.5, 0.6) is 0 Å². The van der Waals surface area contributed by atoms with Crippen LogP contribution in [0, 0.1) is 5.41 Å². The molecule has 1 aromatic heterocycles. The van der Waals surface area contributed by atoms with Crippen LogP contribution in [-0.2, 0) is 16.1 Å². The molecule has 0 aliphatic rings. The van der Waals surface area contributed by atoms with Crippen molar-refractivity contribution in [2.45, 2.75) is 57.8 Å². The van der Waals surface area contributed by atoms with Crippen molar-refractivity contribution in [3.63, 3.8) is 0 Å². The molecule has 3 rings (SSSR count). The van der Waals surface area contributed by atoms with Gasteiger partial charge in [-0.05, 0) is 36.0 Å². The van der Waals surface area contributed by atoms with Crippen LogP contribution in [0.15, 0.2) is 59.8 Å². The third-order valence-electron chi connectivity index (χ3n) is 5.58. The molecule has 0 spiro atoms. The second kappa shape index (κ2) is 10.9. The Balaban J connectivity index is 1.60. The Morgan fingerprint density at radius 3 is 2.39 bits per heavy atom. The summed E-state index contributed by atoms with van der Waals surface area (Å²) in [6.45, 7) is 6.42. The summed E-state index contributed by atoms with van der Waals surface area (Å²) >= 11 is 1.56. The summed E-state index contributed by atoms with van der Waals surface area (Å²) in [7, 11) is 1.84. The van der Waals surface area contributed by atoms with Gasteiger partial charge in [0.1, 0.15) is 6.04 Å². The van der Waals surface area contributed by atoms with Gasteiger partial charge in [-0.2, -0.15) is 0 Å². The van der Waals surface area contributed by atoms with E-state index in [-0.39, 0.29) is 5.91 Å². The lowest BCUT2D eigenvalue weighted by Gasteiger charge is -2.29. The van der Waals surface area contributed by atoms with Gasteiger partial charge in [0, 0.05) is 25.8 Å². The van der Waals surface area contributed by atoms with Gasteiger partial charge in [-0.25, -0.2) is 9.78 Å². The minimum absolute atomic E-state index is 0.134. The monoisotopic (exact) mass is 467 g/mol. The first-order valence-electron chi connectivity index (χ1n) is 11.3. The Bertz CT molecular complexity index is 1090. The van der Waals surface area contributed by atoms with E-state index in [0.29, 0.717) is 18.1 Å². The minimum Gasteiger partial charge on any atom is -0.480 e. The number of nitrogens with zero attached hydrogens (tertiary/aromatic N) is 3. The number of amides is 1. The zero-order valence-corrected chi connectivity index (χ0v) is 20.6. The second-order valence-corrected chi connectivity index (χ2v) is 10.5. The zero-order chi connectivity index (χ0) is 24.0. The first-order chi connectivity index (χ1) is 15.7. The number of unbranched alkanes of at least 4 members (excludes halogenated alkanes) is 1. The predicted octanol–water partition coefficient (Wildman–Crippen LogP) is 5.63. The van der Waals surface area contributed by atoms with Crippen molar-refractivity contribution in [2.75, 3.05) is 12.8 Å². The number of carboxylic acid groups (broad SMARTS) is 1. The van der Waals surface area contributed by atoms with E-state index in [4.69, 9.17) is 4.98 Å². The Labute approximate surface area is 200 Å². The van der Waals surface area contributed by atoms with Crippen LogP contribution >= 0.6 is 11.8 Å². The zero-order valence-electron chi connectivity index (χ0n) is 19.8. The summed E-state index contributed by atoms with van der Waals surface area (Å²) in [5, 5.41) is 10.7. The van der Waals surface area contributed by atoms with E-state index < -0.39 is 17.4 Å². The van der Waals surface area contributed by atoms with Crippen LogP contribution in [0.25, 0.3) is 11.0 Å². The van der Waals surface area contributed by atoms with Crippen LogP contribution in [0.1, 0.15) is 51.6 Å². The van der Waals surface area contributed by atoms with Gasteiger partial charge in [0.2, 0.25) is 5.91 Å². The molecule has 0 saturated carbocycles. The first kappa shape index (κ1) is 24.8. The highest BCUT2D eigenvalue weighted by molar-refractivity contribution is 7.99. The maximum absolute atomic E-state index is 12.5. The van der Waals surface area contributed by atoms with E-state index in [1.807, 2.05) is 87.0 Å². The molecule has 7 heteroatoms. The number of aromatic nitrogens is 2. The number of carbonyl (C=O) groups excluding carboxylic acids is 1. The van der Waals surface area contributed by atoms with E-state index in [9.17, 15) is 14.7 Å². The van der Waals surface area contributed by atoms with E-state index in [1.54, 1.807) is 16.7 Å². The fraction of sp³-hybridized carbons (Fsp3) is 0.423. The maximum atomic E-state index is 12.5. The summed E-state index contributed by atoms with van der Waals surface area (Å²) in [5.41, 5.74) is 2.28. The molecule has 33 heavy (non-hydrogen) atoms. The highest BCUT2D eigenvalue weighted by Crippen LogP contribution is 2.37. The van der Waals surface area contributed by atoms with Crippen LogP contribution in [-0.4, -0.2) is 44.2 Å². The molecular formula is C26H33N3O3S. The number of aliphatic carboxylic acids is 1. The lowest BCUT2D eigenvalue weighted by molar-refractivity contribution is -0.144. The molecule has 0 radical (unpaired) electrons. The van der Waals surface area contributed by atoms with Crippen LogP contribution in [0.3, 0.4) is 0 Å². The molecule has 0 fully saturated rings. The summed E-state index contributed by atoms with van der Waals surface area (Å²) < 4.78 is 1.86. The summed E-state index contributed by atoms with van der Waals surface area (Å²) in [6, 6.07) is 16.9. The number of carbonyl (C=O) groups is 2. The van der Waals surface area contributed by atoms with Crippen molar-refractivity contribution < 1.29 is 14.7 Å². The van der Waals surface area contributed by atoms with Gasteiger partial charge in [-0.3, -0.25) is 4.79 Å². The number of carboxylic acids is 1. The summed E-state index contributed by atoms with van der Waals surface area (Å²) in [4.78, 5) is 31.1. The third-order valence-corrected chi connectivity index (χ3v) is 6.62. The van der Waals surface area contributed by atoms with E-state index >= 15 is 0 Å². The summed E-state index contributed by atoms with van der Waals surface area (Å²) in [5.74, 6) is 0.0458. The van der Waals surface area contributed by atoms with Gasteiger partial charge < -0.3 is 14.6 Å². The number of benzene rings is 2. The SMILES string of the molecule is CN(Cc1ccccc1)C(=O)CCCCSc1nc2ccccc2n1C(C(=O)O)C(C)(C)C. The number of hydrogen-bond donors (Lipinski definition) is 1. The molecular weight excluding hydrogens is 434 g/mol. The number of imidazole rings is 1. The molecule has 176 valence electrons. The normalized spacial score (nSPS) is 12.6. The lowest BCUT2D eigenvalue weighted by Crippen LogP contribution is -2.32. The average molecular weight is 468 g/mol. The summed E-state index contributed by atoms with van der Waals surface area (Å²) in [6.07, 6.45) is 2.14. The van der Waals surface area contributed by atoms with E-state index in [1.165, 1.54) is 0 Å². The van der Waals surface area contributed by atoms with Gasteiger partial charge in [0.25, 0.3) is 0 Å². The van der Waals surface area contributed by atoms with Crippen LogP contribution in [0.4, 0.5) is 0 Å². The molecule has 1 N–H and O–H groups in total. The fourth-order valence-corrected chi connectivity index (χ4v) is 4.96. The highest BCUT2D eigenvalue weighted by atomic mass is 32.2. The molecule has 6 nitrogen and oxygen atoms in total. The van der Waals surface area contributed by atoms with E-state index in [0.717, 1.165) is 35.2 Å². The molecule has 2 aromatic carbocycles. The molecule has 0 saturated heterocycles. The quantitative estimate of drug-likeness (QED) is 0.309. The van der Waals surface area contributed by atoms with Crippen molar-refractivity contribution in [3.05, 3.63) is 60.2 Å². The molecule has 1 atom stereocenters. The molecule has 3 aromatic rings. The first-order valence-corrected chi connectivity index (χ1v) is 12.3. The van der Waals surface area contributed by atoms with Crippen molar-refractivity contribution >= 4 is 34.7 Å². The predicted molar refractivity (Wildman–Crippen MR) is 133 cm³/mol. The molecule has 0 aliphatic carbocycles. The van der Waals surface area contributed by atoms with Gasteiger partial charge in [0.15, 0.2) is 5.16 Å². The van der Waals surface area contributed by atoms with Crippen molar-refractivity contribution in [1.29, 1.82) is 0 Å². The average Bonchev–Trinajstić information content (AvgIpc) is 3.10. The second-order valence-electron chi connectivity index (χ2n) is 9.40. The Morgan fingerprint density at radius 1 is 1.06 bits per heavy atom. The van der Waals surface area contributed by atoms with E-state index in [2.05, 4.69) is 0 Å².